The number of aliphatic carboxylic acids is 1. The molecular formula is C38H34N10O4S2. The normalized spacial score (nSPS) is 17.6. The van der Waals surface area contributed by atoms with Gasteiger partial charge in [-0.2, -0.15) is 0 Å². The summed E-state index contributed by atoms with van der Waals surface area (Å²) in [6.45, 7) is 3.65. The number of hydrogen-bond acceptors (Lipinski definition) is 15. The molecule has 0 fully saturated rings. The number of aromatic nitrogens is 6. The fourth-order valence-electron chi connectivity index (χ4n) is 7.45. The van der Waals surface area contributed by atoms with E-state index in [0.717, 1.165) is 90.1 Å². The van der Waals surface area contributed by atoms with Crippen molar-refractivity contribution in [3.63, 3.8) is 0 Å². The summed E-state index contributed by atoms with van der Waals surface area (Å²) in [4.78, 5) is 62.9. The third-order valence-corrected chi connectivity index (χ3v) is 12.5. The lowest BCUT2D eigenvalue weighted by Crippen LogP contribution is -2.23. The van der Waals surface area contributed by atoms with Gasteiger partial charge in [0.25, 0.3) is 0 Å². The molecule has 0 amide bonds. The highest BCUT2D eigenvalue weighted by molar-refractivity contribution is 7.19. The molecule has 272 valence electrons. The lowest BCUT2D eigenvalue weighted by molar-refractivity contribution is -0.148. The lowest BCUT2D eigenvalue weighted by atomic mass is 9.88. The lowest BCUT2D eigenvalue weighted by Gasteiger charge is -2.20. The molecule has 0 spiro atoms. The van der Waals surface area contributed by atoms with E-state index in [1.807, 2.05) is 43.9 Å². The van der Waals surface area contributed by atoms with Gasteiger partial charge in [-0.15, -0.1) is 22.7 Å². The Morgan fingerprint density at radius 3 is 1.80 bits per heavy atom. The number of aliphatic imine (C=N–C) groups is 2. The monoisotopic (exact) mass is 758 g/mol. The number of pyridine rings is 2. The number of carboxylic acids is 1. The maximum Gasteiger partial charge on any atom is 0.309 e. The number of nitrogens with one attached hydrogen (secondary N) is 2. The van der Waals surface area contributed by atoms with Gasteiger partial charge in [0.05, 0.1) is 42.3 Å². The van der Waals surface area contributed by atoms with Crippen molar-refractivity contribution < 1.29 is 19.4 Å². The van der Waals surface area contributed by atoms with Crippen LogP contribution in [0.3, 0.4) is 0 Å². The molecule has 0 saturated heterocycles. The molecular weight excluding hydrogens is 725 g/mol. The van der Waals surface area contributed by atoms with Gasteiger partial charge in [-0.1, -0.05) is 0 Å². The first kappa shape index (κ1) is 34.1. The van der Waals surface area contributed by atoms with Gasteiger partial charge >= 0.3 is 11.9 Å². The molecule has 0 aromatic carbocycles. The van der Waals surface area contributed by atoms with Crippen molar-refractivity contribution in [3.05, 3.63) is 80.3 Å². The molecule has 0 radical (unpaired) electrons. The zero-order chi connectivity index (χ0) is 36.8. The molecule has 2 aliphatic carbocycles. The van der Waals surface area contributed by atoms with Crippen LogP contribution >= 0.6 is 22.7 Å². The largest absolute Gasteiger partial charge is 0.481 e. The van der Waals surface area contributed by atoms with Crippen molar-refractivity contribution in [2.24, 2.45) is 21.8 Å². The van der Waals surface area contributed by atoms with Crippen LogP contribution < -0.4 is 10.6 Å². The predicted octanol–water partition coefficient (Wildman–Crippen LogP) is 6.38. The Labute approximate surface area is 317 Å². The average Bonchev–Trinajstić information content (AvgIpc) is 3.99. The Bertz CT molecular complexity index is 2530. The molecule has 16 heteroatoms. The zero-order valence-corrected chi connectivity index (χ0v) is 30.8. The number of rotatable bonds is 7. The SMILES string of the molecule is CCOC(=O)[C@H]1CCc2c(sc3ncnc(Nc4cc5c(cn4)CN=C5)c23)C1.O=C(O)[C@H]1CCc2c(sc3ncnc(Nc4cc5c(cn4)CN=C5)c23)C1. The third kappa shape index (κ3) is 6.44. The first-order chi connectivity index (χ1) is 26.4. The molecule has 0 unspecified atom stereocenters. The van der Waals surface area contributed by atoms with E-state index in [9.17, 15) is 14.7 Å². The number of aryl methyl sites for hydroxylation is 2. The number of carboxylic acid groups (broad SMARTS) is 1. The topological polar surface area (TPSA) is 190 Å². The molecule has 3 N–H and O–H groups in total. The minimum Gasteiger partial charge on any atom is -0.481 e. The van der Waals surface area contributed by atoms with E-state index in [0.29, 0.717) is 39.0 Å². The van der Waals surface area contributed by atoms with Gasteiger partial charge in [0, 0.05) is 56.8 Å². The van der Waals surface area contributed by atoms with E-state index in [4.69, 9.17) is 4.74 Å². The minimum absolute atomic E-state index is 0.0671. The number of carbonyl (C=O) groups excluding carboxylic acids is 1. The molecule has 0 bridgehead atoms. The molecule has 6 aromatic heterocycles. The Kier molecular flexibility index (Phi) is 8.98. The van der Waals surface area contributed by atoms with E-state index in [1.54, 1.807) is 29.0 Å². The summed E-state index contributed by atoms with van der Waals surface area (Å²) in [5, 5.41) is 18.0. The van der Waals surface area contributed by atoms with Crippen LogP contribution in [0.4, 0.5) is 23.3 Å². The van der Waals surface area contributed by atoms with Crippen molar-refractivity contribution in [1.29, 1.82) is 0 Å². The fourth-order valence-corrected chi connectivity index (χ4v) is 9.98. The maximum atomic E-state index is 12.1. The van der Waals surface area contributed by atoms with Gasteiger partial charge in [-0.3, -0.25) is 19.6 Å². The van der Waals surface area contributed by atoms with E-state index in [1.165, 1.54) is 22.3 Å². The first-order valence-corrected chi connectivity index (χ1v) is 19.5. The summed E-state index contributed by atoms with van der Waals surface area (Å²) in [5.74, 6) is 1.76. The smallest absolute Gasteiger partial charge is 0.309 e. The van der Waals surface area contributed by atoms with Crippen LogP contribution in [0, 0.1) is 11.8 Å². The molecule has 4 aliphatic rings. The Morgan fingerprint density at radius 1 is 0.759 bits per heavy atom. The van der Waals surface area contributed by atoms with Crippen LogP contribution in [0.2, 0.25) is 0 Å². The standard InChI is InChI=1S/C20H19N5O2S.C18H15N5O2S/c1-2-27-20(26)11-3-4-14-15(5-11)28-19-17(14)18(23-10-24-19)25-16-6-12-7-21-8-13(12)9-22-16;24-18(25)9-1-2-12-13(3-9)26-17-15(12)16(21-8-22-17)23-14-4-10-5-19-6-11(10)7-20-14/h6-7,9-11H,2-5,8H2,1H3,(H,22,23,24,25);4-5,7-9H,1-3,6H2,(H,24,25)(H,20,21,22,23)/t11-;9-/m00/s1. The molecule has 6 aromatic rings. The number of carbonyl (C=O) groups is 2. The summed E-state index contributed by atoms with van der Waals surface area (Å²) >= 11 is 3.21. The van der Waals surface area contributed by atoms with Crippen LogP contribution in [0.15, 0.2) is 47.2 Å². The highest BCUT2D eigenvalue weighted by Crippen LogP contribution is 2.42. The fraction of sp³-hybridized carbons (Fsp3) is 0.316. The molecule has 8 heterocycles. The summed E-state index contributed by atoms with van der Waals surface area (Å²) < 4.78 is 5.22. The number of hydrogen-bond donors (Lipinski definition) is 3. The summed E-state index contributed by atoms with van der Waals surface area (Å²) in [5.41, 5.74) is 6.84. The average molecular weight is 759 g/mol. The molecule has 54 heavy (non-hydrogen) atoms. The summed E-state index contributed by atoms with van der Waals surface area (Å²) in [7, 11) is 0. The molecule has 10 rings (SSSR count). The van der Waals surface area contributed by atoms with Crippen molar-refractivity contribution in [2.75, 3.05) is 17.2 Å². The highest BCUT2D eigenvalue weighted by atomic mass is 32.1. The van der Waals surface area contributed by atoms with Crippen LogP contribution in [-0.4, -0.2) is 66.0 Å². The Hall–Kier alpha value is -5.74. The predicted molar refractivity (Wildman–Crippen MR) is 208 cm³/mol. The number of ether oxygens (including phenoxy) is 1. The number of nitrogens with zero attached hydrogens (tertiary/aromatic N) is 8. The van der Waals surface area contributed by atoms with Crippen molar-refractivity contribution >= 4 is 90.7 Å². The summed E-state index contributed by atoms with van der Waals surface area (Å²) in [6, 6.07) is 3.97. The quantitative estimate of drug-likeness (QED) is 0.153. The molecule has 2 aliphatic heterocycles. The van der Waals surface area contributed by atoms with Crippen LogP contribution in [-0.2, 0) is 53.1 Å². The molecule has 0 saturated carbocycles. The number of fused-ring (bicyclic) bond motifs is 8. The third-order valence-electron chi connectivity index (χ3n) is 10.2. The first-order valence-electron chi connectivity index (χ1n) is 17.8. The zero-order valence-electron chi connectivity index (χ0n) is 29.2. The second kappa shape index (κ2) is 14.2. The highest BCUT2D eigenvalue weighted by Gasteiger charge is 2.31. The van der Waals surface area contributed by atoms with Crippen molar-refractivity contribution in [2.45, 2.75) is 58.5 Å². The van der Waals surface area contributed by atoms with Gasteiger partial charge < -0.3 is 20.5 Å². The Morgan fingerprint density at radius 2 is 1.28 bits per heavy atom. The van der Waals surface area contributed by atoms with E-state index in [-0.39, 0.29) is 17.8 Å². The van der Waals surface area contributed by atoms with Gasteiger partial charge in [0.15, 0.2) is 0 Å². The Balaban J connectivity index is 0.000000143. The van der Waals surface area contributed by atoms with Crippen LogP contribution in [0.25, 0.3) is 20.4 Å². The number of thiophene rings is 2. The molecule has 2 atom stereocenters. The number of esters is 1. The van der Waals surface area contributed by atoms with Crippen LogP contribution in [0.5, 0.6) is 0 Å². The van der Waals surface area contributed by atoms with Gasteiger partial charge in [-0.25, -0.2) is 29.9 Å². The van der Waals surface area contributed by atoms with Gasteiger partial charge in [0.2, 0.25) is 0 Å². The van der Waals surface area contributed by atoms with Gasteiger partial charge in [0.1, 0.15) is 45.6 Å². The molecule has 14 nitrogen and oxygen atoms in total. The van der Waals surface area contributed by atoms with E-state index in [2.05, 4.69) is 50.5 Å². The summed E-state index contributed by atoms with van der Waals surface area (Å²) in [6.07, 6.45) is 14.8. The van der Waals surface area contributed by atoms with E-state index >= 15 is 0 Å². The second-order valence-corrected chi connectivity index (χ2v) is 15.7. The van der Waals surface area contributed by atoms with Crippen molar-refractivity contribution in [3.8, 4) is 0 Å². The van der Waals surface area contributed by atoms with Gasteiger partial charge in [-0.05, 0) is 68.7 Å². The number of anilines is 4. The van der Waals surface area contributed by atoms with E-state index < -0.39 is 5.97 Å². The van der Waals surface area contributed by atoms with Crippen molar-refractivity contribution in [1.82, 2.24) is 29.9 Å². The maximum absolute atomic E-state index is 12.1. The second-order valence-electron chi connectivity index (χ2n) is 13.5. The van der Waals surface area contributed by atoms with Crippen LogP contribution in [0.1, 0.15) is 62.9 Å². The minimum atomic E-state index is -0.721.